The zero-order valence-corrected chi connectivity index (χ0v) is 12.5. The molecule has 0 amide bonds. The minimum Gasteiger partial charge on any atom is -0.396 e. The minimum atomic E-state index is -0.324. The number of likely N-dealkylation sites (N-methyl/N-ethyl adjacent to an activating group) is 1. The summed E-state index contributed by atoms with van der Waals surface area (Å²) >= 11 is 0. The van der Waals surface area contributed by atoms with E-state index in [9.17, 15) is 4.39 Å². The summed E-state index contributed by atoms with van der Waals surface area (Å²) in [5, 5.41) is 0. The second-order valence-electron chi connectivity index (χ2n) is 5.79. The van der Waals surface area contributed by atoms with Gasteiger partial charge in [-0.25, -0.2) is 4.39 Å². The summed E-state index contributed by atoms with van der Waals surface area (Å²) in [6.07, 6.45) is 0. The lowest BCUT2D eigenvalue weighted by Crippen LogP contribution is -2.34. The second-order valence-corrected chi connectivity index (χ2v) is 5.79. The molecule has 1 aromatic rings. The molecule has 0 aliphatic rings. The molecule has 19 heavy (non-hydrogen) atoms. The zero-order chi connectivity index (χ0) is 14.4. The third-order valence-corrected chi connectivity index (χ3v) is 2.96. The molecule has 0 aliphatic heterocycles. The SMILES string of the molecule is CC(C)CN(CCN(C)C)Cc1ccc(N)c(F)c1. The van der Waals surface area contributed by atoms with E-state index in [2.05, 4.69) is 37.7 Å². The molecule has 2 N–H and O–H groups in total. The molecule has 1 aromatic carbocycles. The number of nitrogens with two attached hydrogens (primary N) is 1. The Labute approximate surface area is 116 Å². The molecule has 0 aliphatic carbocycles. The van der Waals surface area contributed by atoms with Crippen molar-refractivity contribution in [2.45, 2.75) is 20.4 Å². The van der Waals surface area contributed by atoms with Gasteiger partial charge in [-0.3, -0.25) is 4.90 Å². The summed E-state index contributed by atoms with van der Waals surface area (Å²) in [4.78, 5) is 4.52. The summed E-state index contributed by atoms with van der Waals surface area (Å²) in [7, 11) is 4.13. The number of hydrogen-bond acceptors (Lipinski definition) is 3. The van der Waals surface area contributed by atoms with Crippen molar-refractivity contribution in [2.24, 2.45) is 5.92 Å². The number of nitrogens with zero attached hydrogens (tertiary/aromatic N) is 2. The number of nitrogen functional groups attached to an aromatic ring is 1. The van der Waals surface area contributed by atoms with E-state index < -0.39 is 0 Å². The molecule has 0 spiro atoms. The molecule has 0 aromatic heterocycles. The fourth-order valence-corrected chi connectivity index (χ4v) is 2.02. The minimum absolute atomic E-state index is 0.215. The number of halogens is 1. The average Bonchev–Trinajstić information content (AvgIpc) is 2.30. The molecule has 0 bridgehead atoms. The van der Waals surface area contributed by atoms with Crippen molar-refractivity contribution in [1.82, 2.24) is 9.80 Å². The fraction of sp³-hybridized carbons (Fsp3) is 0.600. The molecule has 0 radical (unpaired) electrons. The van der Waals surface area contributed by atoms with E-state index in [4.69, 9.17) is 5.73 Å². The van der Waals surface area contributed by atoms with Crippen LogP contribution in [-0.4, -0.2) is 43.5 Å². The van der Waals surface area contributed by atoms with Crippen molar-refractivity contribution >= 4 is 5.69 Å². The monoisotopic (exact) mass is 267 g/mol. The number of hydrogen-bond donors (Lipinski definition) is 1. The van der Waals surface area contributed by atoms with Gasteiger partial charge in [-0.05, 0) is 37.7 Å². The Morgan fingerprint density at radius 3 is 2.42 bits per heavy atom. The largest absolute Gasteiger partial charge is 0.396 e. The van der Waals surface area contributed by atoms with E-state index in [-0.39, 0.29) is 11.5 Å². The predicted octanol–water partition coefficient (Wildman–Crippen LogP) is 2.43. The Kier molecular flexibility index (Phi) is 6.25. The van der Waals surface area contributed by atoms with Crippen LogP contribution in [0.15, 0.2) is 18.2 Å². The first kappa shape index (κ1) is 15.9. The lowest BCUT2D eigenvalue weighted by molar-refractivity contribution is 0.211. The summed E-state index contributed by atoms with van der Waals surface area (Å²) in [5.41, 5.74) is 6.70. The van der Waals surface area contributed by atoms with Crippen LogP contribution in [0.5, 0.6) is 0 Å². The first-order valence-corrected chi connectivity index (χ1v) is 6.79. The summed E-state index contributed by atoms with van der Waals surface area (Å²) in [5.74, 6) is 0.274. The van der Waals surface area contributed by atoms with Crippen LogP contribution in [-0.2, 0) is 6.54 Å². The van der Waals surface area contributed by atoms with Gasteiger partial charge in [0.15, 0.2) is 0 Å². The molecule has 108 valence electrons. The van der Waals surface area contributed by atoms with Crippen LogP contribution in [0.1, 0.15) is 19.4 Å². The molecule has 0 atom stereocenters. The Morgan fingerprint density at radius 2 is 1.89 bits per heavy atom. The predicted molar refractivity (Wildman–Crippen MR) is 79.5 cm³/mol. The van der Waals surface area contributed by atoms with E-state index in [1.165, 1.54) is 0 Å². The van der Waals surface area contributed by atoms with Crippen LogP contribution in [0.25, 0.3) is 0 Å². The first-order valence-electron chi connectivity index (χ1n) is 6.79. The standard InChI is InChI=1S/C15H26FN3/c1-12(2)10-19(8-7-18(3)4)11-13-5-6-15(17)14(16)9-13/h5-6,9,12H,7-8,10-11,17H2,1-4H3. The van der Waals surface area contributed by atoms with Crippen molar-refractivity contribution in [1.29, 1.82) is 0 Å². The summed E-state index contributed by atoms with van der Waals surface area (Å²) in [6.45, 7) is 8.17. The quantitative estimate of drug-likeness (QED) is 0.770. The summed E-state index contributed by atoms with van der Waals surface area (Å²) in [6, 6.07) is 5.09. The average molecular weight is 267 g/mol. The van der Waals surface area contributed by atoms with Gasteiger partial charge >= 0.3 is 0 Å². The van der Waals surface area contributed by atoms with Crippen molar-refractivity contribution in [3.63, 3.8) is 0 Å². The molecule has 3 nitrogen and oxygen atoms in total. The number of rotatable bonds is 7. The molecule has 0 heterocycles. The van der Waals surface area contributed by atoms with E-state index in [0.29, 0.717) is 5.92 Å². The Hall–Kier alpha value is -1.13. The molecule has 0 saturated carbocycles. The fourth-order valence-electron chi connectivity index (χ4n) is 2.02. The van der Waals surface area contributed by atoms with Gasteiger partial charge in [0.2, 0.25) is 0 Å². The van der Waals surface area contributed by atoms with Crippen molar-refractivity contribution in [3.8, 4) is 0 Å². The Bertz CT molecular complexity index is 391. The molecule has 0 unspecified atom stereocenters. The topological polar surface area (TPSA) is 32.5 Å². The highest BCUT2D eigenvalue weighted by atomic mass is 19.1. The van der Waals surface area contributed by atoms with Gasteiger partial charge in [-0.1, -0.05) is 19.9 Å². The number of anilines is 1. The van der Waals surface area contributed by atoms with Gasteiger partial charge < -0.3 is 10.6 Å². The highest BCUT2D eigenvalue weighted by Crippen LogP contribution is 2.14. The molecule has 1 rings (SSSR count). The smallest absolute Gasteiger partial charge is 0.146 e. The normalized spacial score (nSPS) is 11.8. The zero-order valence-electron chi connectivity index (χ0n) is 12.5. The first-order chi connectivity index (χ1) is 8.88. The third kappa shape index (κ3) is 6.03. The van der Waals surface area contributed by atoms with Crippen LogP contribution < -0.4 is 5.73 Å². The maximum absolute atomic E-state index is 13.5. The molecule has 0 saturated heterocycles. The Balaban J connectivity index is 2.66. The van der Waals surface area contributed by atoms with Crippen molar-refractivity contribution < 1.29 is 4.39 Å². The van der Waals surface area contributed by atoms with Gasteiger partial charge in [-0.15, -0.1) is 0 Å². The van der Waals surface area contributed by atoms with Crippen LogP contribution in [0.3, 0.4) is 0 Å². The maximum Gasteiger partial charge on any atom is 0.146 e. The molecular weight excluding hydrogens is 241 g/mol. The van der Waals surface area contributed by atoms with Gasteiger partial charge in [0.05, 0.1) is 5.69 Å². The van der Waals surface area contributed by atoms with E-state index >= 15 is 0 Å². The van der Waals surface area contributed by atoms with Gasteiger partial charge in [0.25, 0.3) is 0 Å². The lowest BCUT2D eigenvalue weighted by Gasteiger charge is -2.26. The second kappa shape index (κ2) is 7.46. The Morgan fingerprint density at radius 1 is 1.21 bits per heavy atom. The van der Waals surface area contributed by atoms with Gasteiger partial charge in [0.1, 0.15) is 5.82 Å². The van der Waals surface area contributed by atoms with E-state index in [0.717, 1.165) is 31.7 Å². The van der Waals surface area contributed by atoms with Gasteiger partial charge in [-0.2, -0.15) is 0 Å². The van der Waals surface area contributed by atoms with Crippen LogP contribution >= 0.6 is 0 Å². The highest BCUT2D eigenvalue weighted by molar-refractivity contribution is 5.41. The summed E-state index contributed by atoms with van der Waals surface area (Å²) < 4.78 is 13.5. The third-order valence-electron chi connectivity index (χ3n) is 2.96. The highest BCUT2D eigenvalue weighted by Gasteiger charge is 2.10. The van der Waals surface area contributed by atoms with E-state index in [1.807, 2.05) is 6.07 Å². The molecular formula is C15H26FN3. The van der Waals surface area contributed by atoms with Crippen LogP contribution in [0.4, 0.5) is 10.1 Å². The van der Waals surface area contributed by atoms with Gasteiger partial charge in [0, 0.05) is 26.2 Å². The van der Waals surface area contributed by atoms with E-state index in [1.54, 1.807) is 12.1 Å². The molecule has 0 fully saturated rings. The molecule has 4 heteroatoms. The van der Waals surface area contributed by atoms with Crippen LogP contribution in [0.2, 0.25) is 0 Å². The van der Waals surface area contributed by atoms with Crippen molar-refractivity contribution in [2.75, 3.05) is 39.5 Å². The van der Waals surface area contributed by atoms with Crippen molar-refractivity contribution in [3.05, 3.63) is 29.6 Å². The maximum atomic E-state index is 13.5. The lowest BCUT2D eigenvalue weighted by atomic mass is 10.1. The number of benzene rings is 1. The van der Waals surface area contributed by atoms with Crippen LogP contribution in [0, 0.1) is 11.7 Å².